The lowest BCUT2D eigenvalue weighted by Gasteiger charge is -2.17. The lowest BCUT2D eigenvalue weighted by Crippen LogP contribution is -2.45. The van der Waals surface area contributed by atoms with Gasteiger partial charge in [0.1, 0.15) is 12.6 Å². The average molecular weight is 269 g/mol. The summed E-state index contributed by atoms with van der Waals surface area (Å²) in [5.41, 5.74) is 6.00. The summed E-state index contributed by atoms with van der Waals surface area (Å²) in [6.45, 7) is 3.99. The molecule has 1 heterocycles. The molecule has 0 bridgehead atoms. The van der Waals surface area contributed by atoms with Crippen molar-refractivity contribution in [3.8, 4) is 0 Å². The number of ether oxygens (including phenoxy) is 1. The number of aromatic nitrogens is 1. The molecule has 6 nitrogen and oxygen atoms in total. The molecule has 0 aromatic carbocycles. The van der Waals surface area contributed by atoms with E-state index in [9.17, 15) is 9.59 Å². The van der Waals surface area contributed by atoms with Crippen molar-refractivity contribution in [2.24, 2.45) is 11.7 Å². The van der Waals surface area contributed by atoms with Gasteiger partial charge in [0.25, 0.3) is 0 Å². The van der Waals surface area contributed by atoms with E-state index in [1.807, 2.05) is 13.8 Å². The second kappa shape index (κ2) is 7.35. The van der Waals surface area contributed by atoms with Gasteiger partial charge in [0.05, 0.1) is 0 Å². The first-order chi connectivity index (χ1) is 8.99. The van der Waals surface area contributed by atoms with Gasteiger partial charge < -0.3 is 15.8 Å². The van der Waals surface area contributed by atoms with E-state index in [4.69, 9.17) is 10.5 Å². The van der Waals surface area contributed by atoms with Crippen LogP contribution in [0.2, 0.25) is 0 Å². The third-order valence-corrected chi connectivity index (χ3v) is 2.44. The van der Waals surface area contributed by atoms with E-state index >= 15 is 0 Å². The molecular weight excluding hydrogens is 246 g/mol. The number of pyridine rings is 1. The van der Waals surface area contributed by atoms with Crippen molar-refractivity contribution < 1.29 is 17.2 Å². The molecule has 0 unspecified atom stereocenters. The highest BCUT2D eigenvalue weighted by molar-refractivity contribution is 5.84. The molecule has 1 aromatic rings. The topological polar surface area (TPSA) is 94.3 Å². The van der Waals surface area contributed by atoms with Crippen molar-refractivity contribution in [2.75, 3.05) is 0 Å². The first kappa shape index (κ1) is 14.9. The number of amides is 2. The van der Waals surface area contributed by atoms with Gasteiger partial charge in [-0.1, -0.05) is 19.9 Å². The molecular formula is C13H23N3O3. The minimum absolute atomic E-state index is 0. The minimum atomic E-state index is -0.707. The highest BCUT2D eigenvalue weighted by Gasteiger charge is 2.19. The van der Waals surface area contributed by atoms with Crippen molar-refractivity contribution >= 4 is 12.0 Å². The van der Waals surface area contributed by atoms with Crippen LogP contribution in [0, 0.1) is 5.92 Å². The zero-order chi connectivity index (χ0) is 14.3. The Morgan fingerprint density at radius 1 is 1.53 bits per heavy atom. The largest absolute Gasteiger partial charge is 0.445 e. The van der Waals surface area contributed by atoms with Gasteiger partial charge in [-0.3, -0.25) is 9.78 Å². The summed E-state index contributed by atoms with van der Waals surface area (Å²) in [7, 11) is 0. The lowest BCUT2D eigenvalue weighted by molar-refractivity contribution is -0.120. The first-order valence-corrected chi connectivity index (χ1v) is 6.10. The number of nitrogens with one attached hydrogen (secondary N) is 1. The maximum atomic E-state index is 11.6. The standard InChI is InChI=1S/C13H19N3O3.2H2/c1-9(2)6-11(12(14)17)16-13(18)19-8-10-4-3-5-15-7-10;;/h3-5,7,9,11H,6,8H2,1-2H3,(H2,14,17)(H,16,18);2*1H/t11-;;/m0../s1. The lowest BCUT2D eigenvalue weighted by atomic mass is 10.0. The number of alkyl carbamates (subject to hydrolysis) is 1. The van der Waals surface area contributed by atoms with Gasteiger partial charge in [-0.05, 0) is 18.4 Å². The maximum absolute atomic E-state index is 11.6. The summed E-state index contributed by atoms with van der Waals surface area (Å²) in [6, 6.07) is 2.84. The van der Waals surface area contributed by atoms with Crippen LogP contribution in [0.25, 0.3) is 0 Å². The molecule has 1 atom stereocenters. The van der Waals surface area contributed by atoms with Gasteiger partial charge in [0.2, 0.25) is 5.91 Å². The average Bonchev–Trinajstić information content (AvgIpc) is 2.36. The van der Waals surface area contributed by atoms with Crippen LogP contribution in [0.4, 0.5) is 4.79 Å². The Hall–Kier alpha value is -2.11. The highest BCUT2D eigenvalue weighted by atomic mass is 16.5. The van der Waals surface area contributed by atoms with Gasteiger partial charge in [-0.25, -0.2) is 4.79 Å². The number of nitrogens with zero attached hydrogens (tertiary/aromatic N) is 1. The molecule has 1 aromatic heterocycles. The molecule has 0 fully saturated rings. The van der Waals surface area contributed by atoms with E-state index < -0.39 is 18.0 Å². The predicted molar refractivity (Wildman–Crippen MR) is 74.2 cm³/mol. The van der Waals surface area contributed by atoms with E-state index in [1.54, 1.807) is 24.5 Å². The number of hydrogen-bond donors (Lipinski definition) is 2. The molecule has 1 rings (SSSR count). The van der Waals surface area contributed by atoms with Gasteiger partial charge in [0, 0.05) is 20.8 Å². The fraction of sp³-hybridized carbons (Fsp3) is 0.462. The summed E-state index contributed by atoms with van der Waals surface area (Å²) in [4.78, 5) is 26.6. The van der Waals surface area contributed by atoms with Crippen molar-refractivity contribution in [2.45, 2.75) is 32.9 Å². The molecule has 19 heavy (non-hydrogen) atoms. The number of nitrogens with two attached hydrogens (primary N) is 1. The quantitative estimate of drug-likeness (QED) is 0.821. The van der Waals surface area contributed by atoms with Crippen molar-refractivity contribution in [1.29, 1.82) is 0 Å². The van der Waals surface area contributed by atoms with Gasteiger partial charge in [-0.15, -0.1) is 0 Å². The Kier molecular flexibility index (Phi) is 5.78. The Morgan fingerprint density at radius 2 is 2.26 bits per heavy atom. The summed E-state index contributed by atoms with van der Waals surface area (Å²) >= 11 is 0. The van der Waals surface area contributed by atoms with Crippen LogP contribution in [-0.4, -0.2) is 23.0 Å². The number of carbonyl (C=O) groups excluding carboxylic acids is 2. The van der Waals surface area contributed by atoms with E-state index in [0.717, 1.165) is 5.56 Å². The fourth-order valence-electron chi connectivity index (χ4n) is 1.53. The molecule has 108 valence electrons. The molecule has 6 heteroatoms. The van der Waals surface area contributed by atoms with E-state index in [2.05, 4.69) is 10.3 Å². The van der Waals surface area contributed by atoms with Crippen LogP contribution in [0.5, 0.6) is 0 Å². The predicted octanol–water partition coefficient (Wildman–Crippen LogP) is 1.70. The molecule has 0 aliphatic heterocycles. The first-order valence-electron chi connectivity index (χ1n) is 6.10. The summed E-state index contributed by atoms with van der Waals surface area (Å²) in [6.07, 6.45) is 3.06. The van der Waals surface area contributed by atoms with Gasteiger partial charge in [0.15, 0.2) is 0 Å². The SMILES string of the molecule is CC(C)C[C@H](NC(=O)OCc1cccnc1)C(N)=O.[HH].[HH]. The molecule has 0 saturated carbocycles. The van der Waals surface area contributed by atoms with Crippen molar-refractivity contribution in [3.63, 3.8) is 0 Å². The van der Waals surface area contributed by atoms with Gasteiger partial charge >= 0.3 is 6.09 Å². The van der Waals surface area contributed by atoms with Crippen LogP contribution >= 0.6 is 0 Å². The second-order valence-electron chi connectivity index (χ2n) is 4.67. The second-order valence-corrected chi connectivity index (χ2v) is 4.67. The molecule has 0 spiro atoms. The zero-order valence-corrected chi connectivity index (χ0v) is 11.1. The molecule has 2 amide bonds. The molecule has 0 radical (unpaired) electrons. The van der Waals surface area contributed by atoms with Crippen LogP contribution in [0.1, 0.15) is 28.7 Å². The maximum Gasteiger partial charge on any atom is 0.408 e. The molecule has 3 N–H and O–H groups in total. The van der Waals surface area contributed by atoms with E-state index in [1.165, 1.54) is 0 Å². The number of rotatable bonds is 6. The smallest absolute Gasteiger partial charge is 0.408 e. The van der Waals surface area contributed by atoms with Crippen molar-refractivity contribution in [1.82, 2.24) is 10.3 Å². The van der Waals surface area contributed by atoms with Crippen LogP contribution in [0.3, 0.4) is 0 Å². The Labute approximate surface area is 115 Å². The third kappa shape index (κ3) is 5.85. The fourth-order valence-corrected chi connectivity index (χ4v) is 1.53. The molecule has 0 aliphatic rings. The van der Waals surface area contributed by atoms with Gasteiger partial charge in [-0.2, -0.15) is 0 Å². The van der Waals surface area contributed by atoms with Crippen LogP contribution in [0.15, 0.2) is 24.5 Å². The summed E-state index contributed by atoms with van der Waals surface area (Å²) in [5, 5.41) is 2.46. The number of primary amides is 1. The molecule has 0 saturated heterocycles. The third-order valence-electron chi connectivity index (χ3n) is 2.44. The monoisotopic (exact) mass is 269 g/mol. The van der Waals surface area contributed by atoms with Crippen LogP contribution in [-0.2, 0) is 16.1 Å². The summed E-state index contributed by atoms with van der Waals surface area (Å²) in [5.74, 6) is -0.317. The number of carbonyl (C=O) groups is 2. The Bertz CT molecular complexity index is 430. The normalized spacial score (nSPS) is 11.9. The highest BCUT2D eigenvalue weighted by Crippen LogP contribution is 2.05. The van der Waals surface area contributed by atoms with Crippen LogP contribution < -0.4 is 11.1 Å². The molecule has 0 aliphatic carbocycles. The summed E-state index contributed by atoms with van der Waals surface area (Å²) < 4.78 is 4.99. The number of hydrogen-bond acceptors (Lipinski definition) is 4. The van der Waals surface area contributed by atoms with Crippen molar-refractivity contribution in [3.05, 3.63) is 30.1 Å². The Balaban J connectivity index is 0. The minimum Gasteiger partial charge on any atom is -0.445 e. The zero-order valence-electron chi connectivity index (χ0n) is 11.1. The van der Waals surface area contributed by atoms with E-state index in [-0.39, 0.29) is 15.4 Å². The Morgan fingerprint density at radius 3 is 2.79 bits per heavy atom. The van der Waals surface area contributed by atoms with E-state index in [0.29, 0.717) is 6.42 Å².